The summed E-state index contributed by atoms with van der Waals surface area (Å²) in [7, 11) is 0. The molecule has 0 bridgehead atoms. The molecule has 1 aliphatic carbocycles. The lowest BCUT2D eigenvalue weighted by molar-refractivity contribution is -0.199. The highest BCUT2D eigenvalue weighted by Crippen LogP contribution is 2.59. The smallest absolute Gasteiger partial charge is 0.254 e. The Labute approximate surface area is 414 Å². The first kappa shape index (κ1) is 51.1. The van der Waals surface area contributed by atoms with Gasteiger partial charge in [-0.1, -0.05) is 96.2 Å². The fraction of sp³-hybridized carbons (Fsp3) is 0.481. The SMILES string of the molecule is Cc1ncsc1-c1ccc([C@H](C)NC(=O)[C@@H]2C[C@@H](O)CN2C(=O)[C@@H](NC(=O)COCCCCC#Cc2ccc3c(c2)CN([C@H]2C(C)(C)[C@H](Oc4ccc(C#N)c(Cl)c4)C2(C)C)C3=O)C(C)(C)C)cc1. The zero-order chi connectivity index (χ0) is 50.0. The molecule has 0 unspecified atom stereocenters. The van der Waals surface area contributed by atoms with Gasteiger partial charge in [0.15, 0.2) is 0 Å². The van der Waals surface area contributed by atoms with E-state index in [-0.39, 0.29) is 60.4 Å². The van der Waals surface area contributed by atoms with E-state index in [1.54, 1.807) is 29.5 Å². The molecular formula is C54H63ClN6O7S. The van der Waals surface area contributed by atoms with E-state index in [0.29, 0.717) is 47.9 Å². The summed E-state index contributed by atoms with van der Waals surface area (Å²) in [6, 6.07) is 18.5. The number of unbranched alkanes of at least 4 members (excludes halogenated alkanes) is 2. The maximum absolute atomic E-state index is 14.1. The molecule has 13 nitrogen and oxygen atoms in total. The van der Waals surface area contributed by atoms with Gasteiger partial charge in [0, 0.05) is 66.6 Å². The lowest BCUT2D eigenvalue weighted by atomic mass is 9.49. The molecule has 3 aliphatic rings. The van der Waals surface area contributed by atoms with Crippen LogP contribution in [0.3, 0.4) is 0 Å². The summed E-state index contributed by atoms with van der Waals surface area (Å²) < 4.78 is 12.2. The minimum atomic E-state index is -0.963. The number of hydrogen-bond donors (Lipinski definition) is 3. The van der Waals surface area contributed by atoms with Gasteiger partial charge in [-0.2, -0.15) is 5.26 Å². The Morgan fingerprint density at radius 1 is 1.03 bits per heavy atom. The number of benzene rings is 3. The molecule has 364 valence electrons. The van der Waals surface area contributed by atoms with E-state index in [1.807, 2.05) is 87.5 Å². The maximum atomic E-state index is 14.1. The number of likely N-dealkylation sites (tertiary alicyclic amines) is 1. The van der Waals surface area contributed by atoms with E-state index in [4.69, 9.17) is 21.1 Å². The molecule has 3 N–H and O–H groups in total. The molecule has 1 aromatic heterocycles. The third-order valence-electron chi connectivity index (χ3n) is 13.7. The number of halogens is 1. The highest BCUT2D eigenvalue weighted by atomic mass is 35.5. The molecule has 4 aromatic rings. The number of carbonyl (C=O) groups excluding carboxylic acids is 4. The molecule has 1 saturated heterocycles. The van der Waals surface area contributed by atoms with Crippen molar-refractivity contribution >= 4 is 46.6 Å². The monoisotopic (exact) mass is 974 g/mol. The highest BCUT2D eigenvalue weighted by molar-refractivity contribution is 7.13. The van der Waals surface area contributed by atoms with Gasteiger partial charge in [-0.25, -0.2) is 4.98 Å². The number of aryl methyl sites for hydroxylation is 1. The van der Waals surface area contributed by atoms with Crippen LogP contribution < -0.4 is 15.4 Å². The summed E-state index contributed by atoms with van der Waals surface area (Å²) in [5, 5.41) is 26.1. The van der Waals surface area contributed by atoms with Gasteiger partial charge in [0.25, 0.3) is 5.91 Å². The summed E-state index contributed by atoms with van der Waals surface area (Å²) >= 11 is 7.86. The largest absolute Gasteiger partial charge is 0.489 e. The van der Waals surface area contributed by atoms with Crippen molar-refractivity contribution in [3.8, 4) is 34.1 Å². The Morgan fingerprint density at radius 2 is 1.75 bits per heavy atom. The number of aliphatic hydroxyl groups excluding tert-OH is 1. The number of rotatable bonds is 15. The van der Waals surface area contributed by atoms with Gasteiger partial charge < -0.3 is 35.0 Å². The molecule has 3 aromatic carbocycles. The van der Waals surface area contributed by atoms with Gasteiger partial charge >= 0.3 is 0 Å². The number of nitrogens with zero attached hydrogens (tertiary/aromatic N) is 4. The fourth-order valence-electron chi connectivity index (χ4n) is 10.6. The number of fused-ring (bicyclic) bond motifs is 1. The number of nitriles is 1. The van der Waals surface area contributed by atoms with Gasteiger partial charge in [-0.3, -0.25) is 19.2 Å². The van der Waals surface area contributed by atoms with Gasteiger partial charge in [0.05, 0.1) is 38.8 Å². The normalized spacial score (nSPS) is 21.0. The summed E-state index contributed by atoms with van der Waals surface area (Å²) in [6.45, 7) is 18.4. The quantitative estimate of drug-likeness (QED) is 0.0781. The number of amides is 4. The third-order valence-corrected chi connectivity index (χ3v) is 15.0. The van der Waals surface area contributed by atoms with Gasteiger partial charge in [-0.05, 0) is 79.1 Å². The van der Waals surface area contributed by atoms with Crippen molar-refractivity contribution in [2.75, 3.05) is 19.8 Å². The van der Waals surface area contributed by atoms with Crippen LogP contribution in [-0.2, 0) is 25.7 Å². The van der Waals surface area contributed by atoms with Crippen molar-refractivity contribution in [1.82, 2.24) is 25.4 Å². The summed E-state index contributed by atoms with van der Waals surface area (Å²) in [5.74, 6) is 5.80. The number of aliphatic hydroxyl groups is 1. The number of hydrogen-bond acceptors (Lipinski definition) is 10. The zero-order valence-corrected chi connectivity index (χ0v) is 42.5. The lowest BCUT2D eigenvalue weighted by Crippen LogP contribution is -2.74. The predicted molar refractivity (Wildman–Crippen MR) is 266 cm³/mol. The van der Waals surface area contributed by atoms with Crippen LogP contribution in [0.1, 0.15) is 125 Å². The molecule has 2 fully saturated rings. The van der Waals surface area contributed by atoms with Crippen molar-refractivity contribution in [3.63, 3.8) is 0 Å². The first-order valence-electron chi connectivity index (χ1n) is 23.6. The lowest BCUT2D eigenvalue weighted by Gasteiger charge is -2.65. The first-order chi connectivity index (χ1) is 32.6. The third kappa shape index (κ3) is 11.0. The van der Waals surface area contributed by atoms with E-state index >= 15 is 0 Å². The Kier molecular flexibility index (Phi) is 15.3. The highest BCUT2D eigenvalue weighted by Gasteiger charge is 2.67. The Morgan fingerprint density at radius 3 is 2.41 bits per heavy atom. The number of thiazole rings is 1. The number of β-amino-alcohol motifs (C(OH)–C–C–N with tert-alkyl or cyclic N) is 1. The molecule has 2 aliphatic heterocycles. The van der Waals surface area contributed by atoms with E-state index in [2.05, 4.69) is 61.2 Å². The number of aromatic nitrogens is 1. The van der Waals surface area contributed by atoms with E-state index < -0.39 is 35.4 Å². The molecule has 7 rings (SSSR count). The Balaban J connectivity index is 0.849. The van der Waals surface area contributed by atoms with Crippen molar-refractivity contribution in [3.05, 3.63) is 105 Å². The van der Waals surface area contributed by atoms with E-state index in [1.165, 1.54) is 4.90 Å². The number of ether oxygens (including phenoxy) is 2. The van der Waals surface area contributed by atoms with Crippen LogP contribution in [0.5, 0.6) is 5.75 Å². The van der Waals surface area contributed by atoms with Crippen molar-refractivity contribution in [1.29, 1.82) is 5.26 Å². The summed E-state index contributed by atoms with van der Waals surface area (Å²) in [6.07, 6.45) is 1.04. The second kappa shape index (κ2) is 20.7. The zero-order valence-electron chi connectivity index (χ0n) is 40.9. The molecule has 0 radical (unpaired) electrons. The fourth-order valence-corrected chi connectivity index (χ4v) is 11.6. The molecule has 15 heteroatoms. The number of carbonyl (C=O) groups is 4. The predicted octanol–water partition coefficient (Wildman–Crippen LogP) is 8.39. The average molecular weight is 976 g/mol. The van der Waals surface area contributed by atoms with Crippen LogP contribution in [0.25, 0.3) is 10.4 Å². The maximum Gasteiger partial charge on any atom is 0.254 e. The second-order valence-electron chi connectivity index (χ2n) is 20.8. The van der Waals surface area contributed by atoms with Gasteiger partial charge in [0.2, 0.25) is 17.7 Å². The summed E-state index contributed by atoms with van der Waals surface area (Å²) in [4.78, 5) is 63.5. The van der Waals surface area contributed by atoms with Crippen LogP contribution in [0.2, 0.25) is 5.02 Å². The standard InChI is InChI=1S/C54H63ClN6O7S/c1-32(35-16-18-36(19-17-35)45-33(2)57-31-69-45)58-47(64)43-25-39(62)29-60(43)49(66)46(52(3,4)5)59-44(63)30-67-23-13-11-10-12-14-34-15-22-41-38(24-34)28-61(48(41)65)50-53(6,7)51(54(50,8)9)68-40-21-20-37(27-56)42(55)26-40/h15-22,24,26,31-32,39,43,46,50-51,62H,10-11,13,23,25,28-30H2,1-9H3,(H,58,64)(H,59,63)/t32-,39+,43-,46+,50-,51-/m0/s1. The number of nitrogens with one attached hydrogen (secondary N) is 2. The van der Waals surface area contributed by atoms with Crippen LogP contribution in [-0.4, -0.2) is 93.6 Å². The van der Waals surface area contributed by atoms with E-state index in [0.717, 1.165) is 39.2 Å². The average Bonchev–Trinajstić information content (AvgIpc) is 4.00. The second-order valence-corrected chi connectivity index (χ2v) is 22.1. The van der Waals surface area contributed by atoms with E-state index in [9.17, 15) is 29.5 Å². The molecular weight excluding hydrogens is 912 g/mol. The first-order valence-corrected chi connectivity index (χ1v) is 24.8. The molecule has 4 amide bonds. The molecule has 1 saturated carbocycles. The molecule has 4 atom stereocenters. The Hall–Kier alpha value is -5.77. The van der Waals surface area contributed by atoms with Crippen LogP contribution in [0.4, 0.5) is 0 Å². The van der Waals surface area contributed by atoms with Crippen LogP contribution in [0.15, 0.2) is 66.2 Å². The molecule has 69 heavy (non-hydrogen) atoms. The van der Waals surface area contributed by atoms with Crippen LogP contribution in [0, 0.1) is 46.3 Å². The van der Waals surface area contributed by atoms with Crippen molar-refractivity contribution < 1.29 is 33.8 Å². The topological polar surface area (TPSA) is 174 Å². The molecule has 0 spiro atoms. The van der Waals surface area contributed by atoms with Crippen LogP contribution >= 0.6 is 22.9 Å². The minimum absolute atomic E-state index is 0.00331. The van der Waals surface area contributed by atoms with Crippen molar-refractivity contribution in [2.24, 2.45) is 16.2 Å². The minimum Gasteiger partial charge on any atom is -0.489 e. The summed E-state index contributed by atoms with van der Waals surface area (Å²) in [5.41, 5.74) is 6.13. The van der Waals surface area contributed by atoms with Gasteiger partial charge in [0.1, 0.15) is 36.6 Å². The van der Waals surface area contributed by atoms with Crippen molar-refractivity contribution in [2.45, 2.75) is 131 Å². The Bertz CT molecular complexity index is 2680. The van der Waals surface area contributed by atoms with Gasteiger partial charge in [-0.15, -0.1) is 11.3 Å². The molecule has 3 heterocycles.